The number of fused-ring (bicyclic) bond motifs is 1. The van der Waals surface area contributed by atoms with Gasteiger partial charge >= 0.3 is 0 Å². The number of ether oxygens (including phenoxy) is 1. The van der Waals surface area contributed by atoms with Crippen molar-refractivity contribution in [3.8, 4) is 11.8 Å². The summed E-state index contributed by atoms with van der Waals surface area (Å²) in [5, 5.41) is 24.2. The lowest BCUT2D eigenvalue weighted by Gasteiger charge is -2.42. The Labute approximate surface area is 133 Å². The van der Waals surface area contributed by atoms with Crippen LogP contribution in [0, 0.1) is 18.3 Å². The van der Waals surface area contributed by atoms with Gasteiger partial charge in [0, 0.05) is 11.6 Å². The minimum absolute atomic E-state index is 0.314. The van der Waals surface area contributed by atoms with Crippen molar-refractivity contribution in [2.75, 3.05) is 0 Å². The first-order chi connectivity index (χ1) is 10.8. The third-order valence-corrected chi connectivity index (χ3v) is 4.06. The Kier molecular flexibility index (Phi) is 3.46. The van der Waals surface area contributed by atoms with Crippen molar-refractivity contribution in [1.29, 1.82) is 5.26 Å². The minimum Gasteiger partial charge on any atom is -0.485 e. The van der Waals surface area contributed by atoms with Crippen LogP contribution in [0.25, 0.3) is 0 Å². The molecule has 6 heteroatoms. The van der Waals surface area contributed by atoms with E-state index >= 15 is 0 Å². The van der Waals surface area contributed by atoms with Gasteiger partial charge in [0.25, 0.3) is 5.56 Å². The van der Waals surface area contributed by atoms with Crippen molar-refractivity contribution in [3.63, 3.8) is 0 Å². The Bertz CT molecular complexity index is 864. The fourth-order valence-corrected chi connectivity index (χ4v) is 2.82. The molecule has 23 heavy (non-hydrogen) atoms. The van der Waals surface area contributed by atoms with Crippen molar-refractivity contribution in [3.05, 3.63) is 57.5 Å². The maximum Gasteiger partial charge on any atom is 0.267 e. The third kappa shape index (κ3) is 2.49. The molecule has 0 fully saturated rings. The molecule has 1 aliphatic rings. The standard InChI is InChI=1S/C17H17N3O3/c1-10-4-7-14(21)20(19-10)15-12-8-11(9-18)5-6-13(12)23-17(2,3)16(15)22/h4-8,15-16,22H,1-3H3/t15-,16+/m0/s1. The van der Waals surface area contributed by atoms with E-state index in [-0.39, 0.29) is 5.56 Å². The molecular weight excluding hydrogens is 294 g/mol. The van der Waals surface area contributed by atoms with Crippen molar-refractivity contribution in [2.24, 2.45) is 0 Å². The van der Waals surface area contributed by atoms with E-state index < -0.39 is 17.7 Å². The van der Waals surface area contributed by atoms with Crippen LogP contribution in [-0.2, 0) is 0 Å². The summed E-state index contributed by atoms with van der Waals surface area (Å²) >= 11 is 0. The van der Waals surface area contributed by atoms with Gasteiger partial charge in [-0.1, -0.05) is 0 Å². The van der Waals surface area contributed by atoms with Crippen LogP contribution < -0.4 is 10.3 Å². The minimum atomic E-state index is -0.990. The van der Waals surface area contributed by atoms with Crippen LogP contribution >= 0.6 is 0 Å². The second-order valence-electron chi connectivity index (χ2n) is 6.22. The van der Waals surface area contributed by atoms with Gasteiger partial charge in [-0.3, -0.25) is 4.79 Å². The van der Waals surface area contributed by atoms with Crippen LogP contribution in [0.4, 0.5) is 0 Å². The van der Waals surface area contributed by atoms with E-state index in [4.69, 9.17) is 10.00 Å². The molecule has 6 nitrogen and oxygen atoms in total. The molecule has 0 spiro atoms. The number of benzene rings is 1. The second kappa shape index (κ2) is 5.21. The van der Waals surface area contributed by atoms with E-state index in [0.717, 1.165) is 0 Å². The van der Waals surface area contributed by atoms with Gasteiger partial charge in [-0.15, -0.1) is 0 Å². The van der Waals surface area contributed by atoms with Gasteiger partial charge in [0.2, 0.25) is 0 Å². The van der Waals surface area contributed by atoms with E-state index in [1.165, 1.54) is 10.7 Å². The van der Waals surface area contributed by atoms with E-state index in [1.807, 2.05) is 0 Å². The number of hydrogen-bond acceptors (Lipinski definition) is 5. The van der Waals surface area contributed by atoms with Gasteiger partial charge in [0.05, 0.1) is 17.3 Å². The van der Waals surface area contributed by atoms with E-state index in [0.29, 0.717) is 22.6 Å². The predicted molar refractivity (Wildman–Crippen MR) is 83.2 cm³/mol. The van der Waals surface area contributed by atoms with Gasteiger partial charge in [-0.25, -0.2) is 4.68 Å². The fourth-order valence-electron chi connectivity index (χ4n) is 2.82. The average molecular weight is 311 g/mol. The van der Waals surface area contributed by atoms with Crippen molar-refractivity contribution >= 4 is 0 Å². The summed E-state index contributed by atoms with van der Waals surface area (Å²) < 4.78 is 7.12. The van der Waals surface area contributed by atoms with Gasteiger partial charge in [0.1, 0.15) is 23.5 Å². The number of aryl methyl sites for hydroxylation is 1. The Morgan fingerprint density at radius 2 is 2.09 bits per heavy atom. The molecule has 0 bridgehead atoms. The summed E-state index contributed by atoms with van der Waals surface area (Å²) in [4.78, 5) is 12.3. The van der Waals surface area contributed by atoms with E-state index in [9.17, 15) is 9.90 Å². The van der Waals surface area contributed by atoms with Gasteiger partial charge in [-0.05, 0) is 45.0 Å². The van der Waals surface area contributed by atoms with Crippen LogP contribution in [0.1, 0.15) is 36.7 Å². The molecule has 0 saturated carbocycles. The topological polar surface area (TPSA) is 88.1 Å². The SMILES string of the molecule is Cc1ccc(=O)n([C@H]2c3cc(C#N)ccc3OC(C)(C)[C@@H]2O)n1. The smallest absolute Gasteiger partial charge is 0.267 e. The van der Waals surface area contributed by atoms with Gasteiger partial charge in [-0.2, -0.15) is 10.4 Å². The highest BCUT2D eigenvalue weighted by molar-refractivity contribution is 5.46. The molecule has 2 atom stereocenters. The molecule has 118 valence electrons. The van der Waals surface area contributed by atoms with Crippen molar-refractivity contribution in [2.45, 2.75) is 38.5 Å². The highest BCUT2D eigenvalue weighted by atomic mass is 16.5. The molecule has 0 amide bonds. The molecule has 0 radical (unpaired) electrons. The zero-order valence-electron chi connectivity index (χ0n) is 13.1. The maximum atomic E-state index is 12.3. The van der Waals surface area contributed by atoms with E-state index in [1.54, 1.807) is 45.0 Å². The zero-order chi connectivity index (χ0) is 16.8. The van der Waals surface area contributed by atoms with Crippen LogP contribution in [0.2, 0.25) is 0 Å². The first-order valence-electron chi connectivity index (χ1n) is 7.31. The molecule has 2 heterocycles. The number of nitriles is 1. The molecule has 1 aliphatic heterocycles. The van der Waals surface area contributed by atoms with Crippen molar-refractivity contribution in [1.82, 2.24) is 9.78 Å². The quantitative estimate of drug-likeness (QED) is 0.863. The number of aromatic nitrogens is 2. The van der Waals surface area contributed by atoms with Gasteiger partial charge in [0.15, 0.2) is 0 Å². The number of aliphatic hydroxyl groups excluding tert-OH is 1. The average Bonchev–Trinajstić information content (AvgIpc) is 2.51. The maximum absolute atomic E-state index is 12.3. The largest absolute Gasteiger partial charge is 0.485 e. The number of hydrogen-bond donors (Lipinski definition) is 1. The first kappa shape index (κ1) is 15.3. The predicted octanol–water partition coefficient (Wildman–Crippen LogP) is 1.54. The summed E-state index contributed by atoms with van der Waals surface area (Å²) in [7, 11) is 0. The Morgan fingerprint density at radius 1 is 1.35 bits per heavy atom. The molecule has 1 aromatic carbocycles. The number of rotatable bonds is 1. The molecule has 0 unspecified atom stereocenters. The lowest BCUT2D eigenvalue weighted by molar-refractivity contribution is -0.0667. The molecule has 1 aromatic heterocycles. The van der Waals surface area contributed by atoms with Crippen LogP contribution in [0.15, 0.2) is 35.1 Å². The van der Waals surface area contributed by atoms with Crippen LogP contribution in [0.5, 0.6) is 5.75 Å². The lowest BCUT2D eigenvalue weighted by Crippen LogP contribution is -2.52. The fraction of sp³-hybridized carbons (Fsp3) is 0.353. The second-order valence-corrected chi connectivity index (χ2v) is 6.22. The number of nitrogens with zero attached hydrogens (tertiary/aromatic N) is 3. The summed E-state index contributed by atoms with van der Waals surface area (Å²) in [6.07, 6.45) is -0.990. The van der Waals surface area contributed by atoms with Crippen LogP contribution in [-0.4, -0.2) is 26.6 Å². The zero-order valence-corrected chi connectivity index (χ0v) is 13.1. The highest BCUT2D eigenvalue weighted by Gasteiger charge is 2.44. The Balaban J connectivity index is 2.28. The molecule has 0 aliphatic carbocycles. The summed E-state index contributed by atoms with van der Waals surface area (Å²) in [6, 6.07) is 9.37. The first-order valence-corrected chi connectivity index (χ1v) is 7.31. The summed E-state index contributed by atoms with van der Waals surface area (Å²) in [5.74, 6) is 0.541. The normalized spacial score (nSPS) is 21.9. The molecule has 3 rings (SSSR count). The summed E-state index contributed by atoms with van der Waals surface area (Å²) in [6.45, 7) is 5.29. The molecule has 0 saturated heterocycles. The monoisotopic (exact) mass is 311 g/mol. The van der Waals surface area contributed by atoms with Gasteiger partial charge < -0.3 is 9.84 Å². The number of aliphatic hydroxyl groups is 1. The molecule has 1 N–H and O–H groups in total. The van der Waals surface area contributed by atoms with Crippen molar-refractivity contribution < 1.29 is 9.84 Å². The summed E-state index contributed by atoms with van der Waals surface area (Å²) in [5.41, 5.74) is 0.474. The lowest BCUT2D eigenvalue weighted by atomic mass is 9.86. The molecule has 2 aromatic rings. The Morgan fingerprint density at radius 3 is 2.78 bits per heavy atom. The Hall–Kier alpha value is -2.65. The third-order valence-electron chi connectivity index (χ3n) is 4.06. The van der Waals surface area contributed by atoms with E-state index in [2.05, 4.69) is 11.2 Å². The molecular formula is C17H17N3O3. The highest BCUT2D eigenvalue weighted by Crippen LogP contribution is 2.41. The van der Waals surface area contributed by atoms with Crippen LogP contribution in [0.3, 0.4) is 0 Å².